The van der Waals surface area contributed by atoms with Gasteiger partial charge in [0.05, 0.1) is 10.0 Å². The van der Waals surface area contributed by atoms with Crippen molar-refractivity contribution in [3.63, 3.8) is 0 Å². The SMILES string of the molecule is CCC(Oc1ccc(Cl)c(Cl)c1)C(=O)NN. The van der Waals surface area contributed by atoms with Crippen LogP contribution in [0.5, 0.6) is 5.75 Å². The van der Waals surface area contributed by atoms with Gasteiger partial charge in [0.15, 0.2) is 6.10 Å². The van der Waals surface area contributed by atoms with Crippen LogP contribution in [0.4, 0.5) is 0 Å². The third kappa shape index (κ3) is 3.27. The Hall–Kier alpha value is -0.970. The van der Waals surface area contributed by atoms with E-state index < -0.39 is 6.10 Å². The molecule has 88 valence electrons. The molecule has 1 aromatic carbocycles. The van der Waals surface area contributed by atoms with Crippen molar-refractivity contribution in [2.75, 3.05) is 0 Å². The van der Waals surface area contributed by atoms with Crippen molar-refractivity contribution < 1.29 is 9.53 Å². The van der Waals surface area contributed by atoms with E-state index in [0.29, 0.717) is 22.2 Å². The number of hydrogen-bond acceptors (Lipinski definition) is 3. The van der Waals surface area contributed by atoms with Crippen LogP contribution in [-0.4, -0.2) is 12.0 Å². The monoisotopic (exact) mass is 262 g/mol. The summed E-state index contributed by atoms with van der Waals surface area (Å²) in [6.45, 7) is 1.82. The Balaban J connectivity index is 2.78. The minimum atomic E-state index is -0.637. The zero-order chi connectivity index (χ0) is 12.1. The summed E-state index contributed by atoms with van der Waals surface area (Å²) in [7, 11) is 0. The molecule has 0 aliphatic carbocycles. The summed E-state index contributed by atoms with van der Waals surface area (Å²) in [5.74, 6) is 5.13. The minimum Gasteiger partial charge on any atom is -0.481 e. The van der Waals surface area contributed by atoms with E-state index in [2.05, 4.69) is 0 Å². The van der Waals surface area contributed by atoms with Gasteiger partial charge in [-0.1, -0.05) is 30.1 Å². The van der Waals surface area contributed by atoms with E-state index in [1.54, 1.807) is 18.2 Å². The molecule has 6 heteroatoms. The lowest BCUT2D eigenvalue weighted by Gasteiger charge is -2.15. The Bertz CT molecular complexity index is 385. The first kappa shape index (κ1) is 13.1. The standard InChI is InChI=1S/C10H12Cl2N2O2/c1-2-9(10(15)14-13)16-6-3-4-7(11)8(12)5-6/h3-5,9H,2,13H2,1H3,(H,14,15). The van der Waals surface area contributed by atoms with Crippen molar-refractivity contribution in [3.05, 3.63) is 28.2 Å². The highest BCUT2D eigenvalue weighted by atomic mass is 35.5. The smallest absolute Gasteiger partial charge is 0.274 e. The van der Waals surface area contributed by atoms with Gasteiger partial charge in [0, 0.05) is 6.07 Å². The van der Waals surface area contributed by atoms with Crippen molar-refractivity contribution in [1.29, 1.82) is 0 Å². The van der Waals surface area contributed by atoms with Gasteiger partial charge < -0.3 is 4.74 Å². The molecular weight excluding hydrogens is 251 g/mol. The summed E-state index contributed by atoms with van der Waals surface area (Å²) in [6, 6.07) is 4.79. The molecule has 0 fully saturated rings. The molecular formula is C10H12Cl2N2O2. The van der Waals surface area contributed by atoms with Crippen LogP contribution in [-0.2, 0) is 4.79 Å². The maximum Gasteiger partial charge on any atom is 0.274 e. The van der Waals surface area contributed by atoms with Crippen LogP contribution in [0.3, 0.4) is 0 Å². The summed E-state index contributed by atoms with van der Waals surface area (Å²) in [5.41, 5.74) is 2.04. The number of hydrazine groups is 1. The predicted octanol–water partition coefficient (Wildman–Crippen LogP) is 2.14. The van der Waals surface area contributed by atoms with Crippen LogP contribution in [0.2, 0.25) is 10.0 Å². The lowest BCUT2D eigenvalue weighted by atomic mass is 10.2. The normalized spacial score (nSPS) is 12.0. The number of ether oxygens (including phenoxy) is 1. The molecule has 3 N–H and O–H groups in total. The number of amides is 1. The van der Waals surface area contributed by atoms with E-state index in [4.69, 9.17) is 33.8 Å². The van der Waals surface area contributed by atoms with Crippen molar-refractivity contribution >= 4 is 29.1 Å². The van der Waals surface area contributed by atoms with Gasteiger partial charge in [-0.15, -0.1) is 0 Å². The molecule has 1 aromatic rings. The Morgan fingerprint density at radius 3 is 2.69 bits per heavy atom. The topological polar surface area (TPSA) is 64.3 Å². The molecule has 1 amide bonds. The van der Waals surface area contributed by atoms with Gasteiger partial charge in [-0.2, -0.15) is 0 Å². The van der Waals surface area contributed by atoms with Crippen molar-refractivity contribution in [2.45, 2.75) is 19.4 Å². The quantitative estimate of drug-likeness (QED) is 0.497. The second-order valence-corrected chi connectivity index (χ2v) is 3.91. The first-order chi connectivity index (χ1) is 7.58. The molecule has 0 saturated heterocycles. The number of nitrogens with one attached hydrogen (secondary N) is 1. The molecule has 0 heterocycles. The summed E-state index contributed by atoms with van der Waals surface area (Å²) < 4.78 is 5.42. The molecule has 1 rings (SSSR count). The third-order valence-electron chi connectivity index (χ3n) is 1.97. The fourth-order valence-electron chi connectivity index (χ4n) is 1.13. The maximum atomic E-state index is 11.3. The highest BCUT2D eigenvalue weighted by Crippen LogP contribution is 2.27. The summed E-state index contributed by atoms with van der Waals surface area (Å²) in [6.07, 6.45) is -0.134. The van der Waals surface area contributed by atoms with E-state index in [0.717, 1.165) is 0 Å². The van der Waals surface area contributed by atoms with E-state index >= 15 is 0 Å². The highest BCUT2D eigenvalue weighted by molar-refractivity contribution is 6.42. The fourth-order valence-corrected chi connectivity index (χ4v) is 1.42. The van der Waals surface area contributed by atoms with Crippen LogP contribution >= 0.6 is 23.2 Å². The number of halogens is 2. The summed E-state index contributed by atoms with van der Waals surface area (Å²) >= 11 is 11.6. The van der Waals surface area contributed by atoms with Crippen molar-refractivity contribution in [1.82, 2.24) is 5.43 Å². The van der Waals surface area contributed by atoms with E-state index in [1.807, 2.05) is 12.3 Å². The molecule has 0 saturated carbocycles. The van der Waals surface area contributed by atoms with E-state index in [9.17, 15) is 4.79 Å². The largest absolute Gasteiger partial charge is 0.481 e. The number of carbonyl (C=O) groups excluding carboxylic acids is 1. The van der Waals surface area contributed by atoms with Crippen LogP contribution in [0.25, 0.3) is 0 Å². The zero-order valence-electron chi connectivity index (χ0n) is 8.67. The van der Waals surface area contributed by atoms with Gasteiger partial charge >= 0.3 is 0 Å². The minimum absolute atomic E-state index is 0.377. The molecule has 0 radical (unpaired) electrons. The Morgan fingerprint density at radius 2 is 2.19 bits per heavy atom. The fraction of sp³-hybridized carbons (Fsp3) is 0.300. The van der Waals surface area contributed by atoms with Gasteiger partial charge in [-0.25, -0.2) is 5.84 Å². The molecule has 4 nitrogen and oxygen atoms in total. The maximum absolute atomic E-state index is 11.3. The van der Waals surface area contributed by atoms with Gasteiger partial charge in [-0.3, -0.25) is 10.2 Å². The number of rotatable bonds is 4. The summed E-state index contributed by atoms with van der Waals surface area (Å²) in [5, 5.41) is 0.813. The molecule has 1 unspecified atom stereocenters. The molecule has 0 spiro atoms. The molecule has 0 aliphatic rings. The molecule has 0 aliphatic heterocycles. The third-order valence-corrected chi connectivity index (χ3v) is 2.71. The average Bonchev–Trinajstić information content (AvgIpc) is 2.29. The van der Waals surface area contributed by atoms with Crippen LogP contribution in [0.1, 0.15) is 13.3 Å². The predicted molar refractivity (Wildman–Crippen MR) is 63.5 cm³/mol. The number of nitrogens with two attached hydrogens (primary N) is 1. The van der Waals surface area contributed by atoms with Crippen LogP contribution in [0, 0.1) is 0 Å². The number of benzene rings is 1. The van der Waals surface area contributed by atoms with Gasteiger partial charge in [0.1, 0.15) is 5.75 Å². The number of carbonyl (C=O) groups is 1. The van der Waals surface area contributed by atoms with Crippen molar-refractivity contribution in [2.24, 2.45) is 5.84 Å². The molecule has 0 bridgehead atoms. The highest BCUT2D eigenvalue weighted by Gasteiger charge is 2.17. The van der Waals surface area contributed by atoms with Gasteiger partial charge in [0.2, 0.25) is 0 Å². The van der Waals surface area contributed by atoms with Gasteiger partial charge in [0.25, 0.3) is 5.91 Å². The Kier molecular flexibility index (Phi) is 4.86. The summed E-state index contributed by atoms with van der Waals surface area (Å²) in [4.78, 5) is 11.3. The lowest BCUT2D eigenvalue weighted by molar-refractivity contribution is -0.128. The van der Waals surface area contributed by atoms with Crippen LogP contribution in [0.15, 0.2) is 18.2 Å². The molecule has 16 heavy (non-hydrogen) atoms. The van der Waals surface area contributed by atoms with Crippen LogP contribution < -0.4 is 16.0 Å². The second kappa shape index (κ2) is 5.94. The second-order valence-electron chi connectivity index (χ2n) is 3.10. The van der Waals surface area contributed by atoms with E-state index in [1.165, 1.54) is 0 Å². The molecule has 1 atom stereocenters. The van der Waals surface area contributed by atoms with Gasteiger partial charge in [-0.05, 0) is 18.6 Å². The first-order valence-corrected chi connectivity index (χ1v) is 5.46. The van der Waals surface area contributed by atoms with E-state index in [-0.39, 0.29) is 5.91 Å². The Morgan fingerprint density at radius 1 is 1.50 bits per heavy atom. The zero-order valence-corrected chi connectivity index (χ0v) is 10.2. The number of hydrogen-bond donors (Lipinski definition) is 2. The Labute approximate surface area is 104 Å². The average molecular weight is 263 g/mol. The lowest BCUT2D eigenvalue weighted by Crippen LogP contribution is -2.41. The van der Waals surface area contributed by atoms with Crippen molar-refractivity contribution in [3.8, 4) is 5.75 Å². The molecule has 0 aromatic heterocycles. The first-order valence-electron chi connectivity index (χ1n) is 4.70.